The molecule has 0 saturated heterocycles. The fraction of sp³-hybridized carbons (Fsp3) is 1.00. The van der Waals surface area contributed by atoms with Crippen molar-refractivity contribution >= 4 is 0 Å². The molecule has 0 heterocycles. The molecule has 0 aliphatic heterocycles. The molecule has 0 aromatic carbocycles. The van der Waals surface area contributed by atoms with Gasteiger partial charge in [0.2, 0.25) is 0 Å². The standard InChI is InChI=1S/C10H20N2/c1-7(11)4-10-3-2-8(5-10)9(12)6-10/h7-9H,2-6,11-12H2,1H3. The zero-order valence-electron chi connectivity index (χ0n) is 7.92. The summed E-state index contributed by atoms with van der Waals surface area (Å²) >= 11 is 0. The molecule has 2 rings (SSSR count). The lowest BCUT2D eigenvalue weighted by atomic mass is 9.78. The van der Waals surface area contributed by atoms with E-state index in [-0.39, 0.29) is 0 Å². The van der Waals surface area contributed by atoms with Gasteiger partial charge in [-0.05, 0) is 50.4 Å². The van der Waals surface area contributed by atoms with Crippen molar-refractivity contribution in [1.82, 2.24) is 0 Å². The van der Waals surface area contributed by atoms with Crippen LogP contribution in [0.15, 0.2) is 0 Å². The highest BCUT2D eigenvalue weighted by Crippen LogP contribution is 2.55. The predicted molar refractivity (Wildman–Crippen MR) is 50.6 cm³/mol. The third kappa shape index (κ3) is 1.27. The van der Waals surface area contributed by atoms with E-state index in [4.69, 9.17) is 11.5 Å². The second kappa shape index (κ2) is 2.71. The highest BCUT2D eigenvalue weighted by Gasteiger charge is 2.48. The molecule has 0 radical (unpaired) electrons. The summed E-state index contributed by atoms with van der Waals surface area (Å²) in [7, 11) is 0. The topological polar surface area (TPSA) is 52.0 Å². The van der Waals surface area contributed by atoms with E-state index in [0.717, 1.165) is 5.92 Å². The zero-order chi connectivity index (χ0) is 8.77. The third-order valence-electron chi connectivity index (χ3n) is 3.77. The van der Waals surface area contributed by atoms with Gasteiger partial charge in [-0.2, -0.15) is 0 Å². The summed E-state index contributed by atoms with van der Waals surface area (Å²) in [4.78, 5) is 0. The Morgan fingerprint density at radius 1 is 1.50 bits per heavy atom. The van der Waals surface area contributed by atoms with E-state index in [0.29, 0.717) is 17.5 Å². The minimum Gasteiger partial charge on any atom is -0.328 e. The molecule has 2 aliphatic rings. The van der Waals surface area contributed by atoms with Crippen molar-refractivity contribution in [3.8, 4) is 0 Å². The number of hydrogen-bond acceptors (Lipinski definition) is 2. The summed E-state index contributed by atoms with van der Waals surface area (Å²) < 4.78 is 0. The minimum absolute atomic E-state index is 0.356. The zero-order valence-corrected chi connectivity index (χ0v) is 7.92. The van der Waals surface area contributed by atoms with Gasteiger partial charge >= 0.3 is 0 Å². The van der Waals surface area contributed by atoms with Crippen LogP contribution in [0.2, 0.25) is 0 Å². The molecule has 2 aliphatic carbocycles. The van der Waals surface area contributed by atoms with Crippen LogP contribution in [0.5, 0.6) is 0 Å². The van der Waals surface area contributed by atoms with Gasteiger partial charge in [-0.15, -0.1) is 0 Å². The molecule has 0 aromatic rings. The van der Waals surface area contributed by atoms with Gasteiger partial charge in [0.05, 0.1) is 0 Å². The molecule has 4 unspecified atom stereocenters. The molecule has 2 bridgehead atoms. The second-order valence-corrected chi connectivity index (χ2v) is 5.05. The predicted octanol–water partition coefficient (Wildman–Crippen LogP) is 1.24. The number of rotatable bonds is 2. The Hall–Kier alpha value is -0.0800. The molecule has 0 aromatic heterocycles. The smallest absolute Gasteiger partial charge is 0.00726 e. The largest absolute Gasteiger partial charge is 0.328 e. The summed E-state index contributed by atoms with van der Waals surface area (Å²) in [6, 6.07) is 0.839. The average molecular weight is 168 g/mol. The van der Waals surface area contributed by atoms with Crippen LogP contribution in [0, 0.1) is 11.3 Å². The van der Waals surface area contributed by atoms with Crippen LogP contribution in [0.3, 0.4) is 0 Å². The maximum atomic E-state index is 6.04. The number of hydrogen-bond donors (Lipinski definition) is 2. The van der Waals surface area contributed by atoms with Gasteiger partial charge < -0.3 is 11.5 Å². The highest BCUT2D eigenvalue weighted by atomic mass is 14.7. The van der Waals surface area contributed by atoms with E-state index in [2.05, 4.69) is 6.92 Å². The number of nitrogens with two attached hydrogens (primary N) is 2. The Morgan fingerprint density at radius 3 is 2.67 bits per heavy atom. The molecule has 2 fully saturated rings. The Balaban J connectivity index is 2.03. The first-order valence-electron chi connectivity index (χ1n) is 5.12. The van der Waals surface area contributed by atoms with Crippen molar-refractivity contribution in [2.75, 3.05) is 0 Å². The molecule has 2 heteroatoms. The van der Waals surface area contributed by atoms with Gasteiger partial charge in [-0.25, -0.2) is 0 Å². The van der Waals surface area contributed by atoms with E-state index in [9.17, 15) is 0 Å². The van der Waals surface area contributed by atoms with E-state index < -0.39 is 0 Å². The van der Waals surface area contributed by atoms with Crippen LogP contribution in [-0.4, -0.2) is 12.1 Å². The molecule has 2 nitrogen and oxygen atoms in total. The van der Waals surface area contributed by atoms with Crippen LogP contribution in [0.1, 0.15) is 39.0 Å². The average Bonchev–Trinajstić information content (AvgIpc) is 2.41. The van der Waals surface area contributed by atoms with Gasteiger partial charge in [-0.1, -0.05) is 0 Å². The van der Waals surface area contributed by atoms with Crippen molar-refractivity contribution in [3.05, 3.63) is 0 Å². The van der Waals surface area contributed by atoms with Crippen molar-refractivity contribution in [2.24, 2.45) is 22.8 Å². The highest BCUT2D eigenvalue weighted by molar-refractivity contribution is 5.02. The van der Waals surface area contributed by atoms with E-state index >= 15 is 0 Å². The molecular weight excluding hydrogens is 148 g/mol. The van der Waals surface area contributed by atoms with Gasteiger partial charge in [0.25, 0.3) is 0 Å². The summed E-state index contributed by atoms with van der Waals surface area (Å²) in [5, 5.41) is 0. The summed E-state index contributed by atoms with van der Waals surface area (Å²) in [5.41, 5.74) is 12.4. The maximum Gasteiger partial charge on any atom is 0.00726 e. The van der Waals surface area contributed by atoms with Crippen molar-refractivity contribution in [1.29, 1.82) is 0 Å². The molecule has 0 spiro atoms. The minimum atomic E-state index is 0.356. The summed E-state index contributed by atoms with van der Waals surface area (Å²) in [6.07, 6.45) is 6.52. The van der Waals surface area contributed by atoms with Gasteiger partial charge in [0, 0.05) is 12.1 Å². The normalized spacial score (nSPS) is 48.2. The molecule has 2 saturated carbocycles. The summed E-state index contributed by atoms with van der Waals surface area (Å²) in [5.74, 6) is 0.823. The molecule has 4 N–H and O–H groups in total. The van der Waals surface area contributed by atoms with Gasteiger partial charge in [-0.3, -0.25) is 0 Å². The van der Waals surface area contributed by atoms with Gasteiger partial charge in [0.15, 0.2) is 0 Å². The molecule has 12 heavy (non-hydrogen) atoms. The monoisotopic (exact) mass is 168 g/mol. The number of fused-ring (bicyclic) bond motifs is 2. The van der Waals surface area contributed by atoms with Crippen LogP contribution in [-0.2, 0) is 0 Å². The fourth-order valence-electron chi connectivity index (χ4n) is 3.42. The quantitative estimate of drug-likeness (QED) is 0.652. The van der Waals surface area contributed by atoms with E-state index in [1.54, 1.807) is 0 Å². The Bertz CT molecular complexity index is 175. The molecule has 0 amide bonds. The van der Waals surface area contributed by atoms with Gasteiger partial charge in [0.1, 0.15) is 0 Å². The lowest BCUT2D eigenvalue weighted by Gasteiger charge is -2.30. The van der Waals surface area contributed by atoms with E-state index in [1.807, 2.05) is 0 Å². The van der Waals surface area contributed by atoms with Crippen LogP contribution >= 0.6 is 0 Å². The van der Waals surface area contributed by atoms with Crippen LogP contribution < -0.4 is 11.5 Å². The first-order chi connectivity index (χ1) is 5.61. The Kier molecular flexibility index (Phi) is 1.92. The van der Waals surface area contributed by atoms with Crippen LogP contribution in [0.25, 0.3) is 0 Å². The lowest BCUT2D eigenvalue weighted by molar-refractivity contribution is 0.243. The molecular formula is C10H20N2. The first-order valence-corrected chi connectivity index (χ1v) is 5.12. The second-order valence-electron chi connectivity index (χ2n) is 5.05. The Morgan fingerprint density at radius 2 is 2.25 bits per heavy atom. The first kappa shape index (κ1) is 8.52. The molecule has 70 valence electrons. The van der Waals surface area contributed by atoms with Crippen molar-refractivity contribution in [3.63, 3.8) is 0 Å². The van der Waals surface area contributed by atoms with Crippen molar-refractivity contribution < 1.29 is 0 Å². The maximum absolute atomic E-state index is 6.04. The Labute approximate surface area is 74.7 Å². The SMILES string of the molecule is CC(N)CC12CCC(C1)C(N)C2. The summed E-state index contributed by atoms with van der Waals surface area (Å²) in [6.45, 7) is 2.12. The fourth-order valence-corrected chi connectivity index (χ4v) is 3.42. The van der Waals surface area contributed by atoms with E-state index in [1.165, 1.54) is 32.1 Å². The lowest BCUT2D eigenvalue weighted by Crippen LogP contribution is -2.32. The van der Waals surface area contributed by atoms with Crippen LogP contribution in [0.4, 0.5) is 0 Å². The third-order valence-corrected chi connectivity index (χ3v) is 3.77. The molecule has 4 atom stereocenters. The van der Waals surface area contributed by atoms with Crippen molar-refractivity contribution in [2.45, 2.75) is 51.1 Å².